The lowest BCUT2D eigenvalue weighted by molar-refractivity contribution is 0.742. The fourth-order valence-electron chi connectivity index (χ4n) is 0.219. The Morgan fingerprint density at radius 2 is 2.71 bits per heavy atom. The van der Waals surface area contributed by atoms with E-state index >= 15 is 0 Å². The second-order valence-corrected chi connectivity index (χ2v) is 1.01. The smallest absolute Gasteiger partial charge is 0.0820 e. The quantitative estimate of drug-likeness (QED) is 0.441. The summed E-state index contributed by atoms with van der Waals surface area (Å²) in [6, 6.07) is 0. The van der Waals surface area contributed by atoms with Gasteiger partial charge < -0.3 is 0 Å². The van der Waals surface area contributed by atoms with Gasteiger partial charge in [0.1, 0.15) is 0 Å². The maximum absolute atomic E-state index is 6.77. The van der Waals surface area contributed by atoms with Crippen LogP contribution in [0.25, 0.3) is 0 Å². The van der Waals surface area contributed by atoms with Crippen molar-refractivity contribution in [2.45, 2.75) is 6.90 Å². The van der Waals surface area contributed by atoms with Gasteiger partial charge in [0.2, 0.25) is 0 Å². The van der Waals surface area contributed by atoms with Crippen LogP contribution in [-0.2, 0) is 0 Å². The molecule has 1 aromatic heterocycles. The molecule has 0 aliphatic heterocycles. The van der Waals surface area contributed by atoms with Crippen molar-refractivity contribution < 1.29 is 1.37 Å². The molecule has 1 rings (SSSR count). The van der Waals surface area contributed by atoms with E-state index in [1.807, 2.05) is 0 Å². The number of nitrogens with zero attached hydrogens (tertiary/aromatic N) is 4. The molecular formula is C3H4N4. The van der Waals surface area contributed by atoms with Crippen LogP contribution in [0, 0.1) is 6.90 Å². The highest BCUT2D eigenvalue weighted by atomic mass is 15.4. The van der Waals surface area contributed by atoms with Crippen LogP contribution < -0.4 is 0 Å². The topological polar surface area (TPSA) is 51.6 Å². The molecule has 4 nitrogen and oxygen atoms in total. The van der Waals surface area contributed by atoms with Gasteiger partial charge in [0.05, 0.1) is 11.9 Å². The van der Waals surface area contributed by atoms with E-state index in [-0.39, 0.29) is 6.90 Å². The molecule has 0 fully saturated rings. The molecule has 0 N–H and O–H groups in total. The third-order valence-electron chi connectivity index (χ3n) is 0.472. The Labute approximate surface area is 42.0 Å². The van der Waals surface area contributed by atoms with E-state index in [9.17, 15) is 0 Å². The number of aromatic nitrogens is 4. The van der Waals surface area contributed by atoms with Gasteiger partial charge in [-0.3, -0.25) is 0 Å². The largest absolute Gasteiger partial charge is 0.135 e. The maximum atomic E-state index is 6.77. The van der Waals surface area contributed by atoms with E-state index in [2.05, 4.69) is 20.6 Å². The lowest BCUT2D eigenvalue weighted by Gasteiger charge is -1.78. The molecule has 0 radical (unpaired) electrons. The summed E-state index contributed by atoms with van der Waals surface area (Å²) in [5.41, 5.74) is 0.542. The molecule has 0 amide bonds. The van der Waals surface area contributed by atoms with Gasteiger partial charge in [-0.2, -0.15) is 0 Å². The lowest BCUT2D eigenvalue weighted by atomic mass is 10.6. The van der Waals surface area contributed by atoms with Gasteiger partial charge in [-0.1, -0.05) is 0 Å². The van der Waals surface area contributed by atoms with Crippen LogP contribution in [0.2, 0.25) is 0 Å². The molecule has 36 valence electrons. The summed E-state index contributed by atoms with van der Waals surface area (Å²) in [5.74, 6) is 0. The Morgan fingerprint density at radius 1 is 1.71 bits per heavy atom. The zero-order valence-electron chi connectivity index (χ0n) is 4.57. The average molecular weight is 97.1 g/mol. The minimum atomic E-state index is 0.114. The maximum Gasteiger partial charge on any atom is 0.0820 e. The van der Waals surface area contributed by atoms with Gasteiger partial charge in [0.15, 0.2) is 0 Å². The fourth-order valence-corrected chi connectivity index (χ4v) is 0.219. The van der Waals surface area contributed by atoms with Crippen molar-refractivity contribution in [2.75, 3.05) is 0 Å². The van der Waals surface area contributed by atoms with E-state index in [4.69, 9.17) is 1.37 Å². The summed E-state index contributed by atoms with van der Waals surface area (Å²) in [4.78, 5) is 0. The normalized spacial score (nSPS) is 10.6. The highest BCUT2D eigenvalue weighted by Gasteiger charge is 1.77. The second-order valence-electron chi connectivity index (χ2n) is 1.01. The van der Waals surface area contributed by atoms with Crippen LogP contribution in [0.1, 0.15) is 7.06 Å². The summed E-state index contributed by atoms with van der Waals surface area (Å²) in [7, 11) is 0. The number of rotatable bonds is 0. The number of aryl methyl sites for hydroxylation is 1. The first kappa shape index (κ1) is 3.01. The second kappa shape index (κ2) is 1.59. The van der Waals surface area contributed by atoms with Crippen molar-refractivity contribution in [3.63, 3.8) is 0 Å². The molecule has 1 heterocycles. The minimum Gasteiger partial charge on any atom is -0.135 e. The minimum absolute atomic E-state index is 0.114. The Kier molecular flexibility index (Phi) is 0.685. The van der Waals surface area contributed by atoms with E-state index in [1.165, 1.54) is 6.20 Å². The zero-order valence-corrected chi connectivity index (χ0v) is 3.57. The Morgan fingerprint density at radius 3 is 3.14 bits per heavy atom. The Bertz CT molecular complexity index is 153. The molecule has 0 bridgehead atoms. The van der Waals surface area contributed by atoms with Crippen molar-refractivity contribution in [1.82, 2.24) is 20.6 Å². The molecule has 0 aliphatic rings. The summed E-state index contributed by atoms with van der Waals surface area (Å²) in [5, 5.41) is 13.3. The highest BCUT2D eigenvalue weighted by Crippen LogP contribution is 1.75. The van der Waals surface area contributed by atoms with Crippen LogP contribution in [0.5, 0.6) is 0 Å². The SMILES string of the molecule is [2H]Cc1cnnnn1. The van der Waals surface area contributed by atoms with Gasteiger partial charge in [-0.05, 0) is 17.3 Å². The summed E-state index contributed by atoms with van der Waals surface area (Å²) in [6.45, 7) is 0.114. The van der Waals surface area contributed by atoms with Crippen LogP contribution in [0.3, 0.4) is 0 Å². The van der Waals surface area contributed by atoms with Crippen molar-refractivity contribution in [3.05, 3.63) is 11.9 Å². The molecule has 0 saturated heterocycles. The van der Waals surface area contributed by atoms with Crippen LogP contribution in [-0.4, -0.2) is 20.6 Å². The summed E-state index contributed by atoms with van der Waals surface area (Å²) < 4.78 is 6.77. The molecular weight excluding hydrogens is 92.1 g/mol. The van der Waals surface area contributed by atoms with Gasteiger partial charge >= 0.3 is 0 Å². The Hall–Kier alpha value is -1.06. The van der Waals surface area contributed by atoms with Crippen molar-refractivity contribution in [1.29, 1.82) is 0 Å². The predicted molar refractivity (Wildman–Crippen MR) is 22.4 cm³/mol. The van der Waals surface area contributed by atoms with Crippen molar-refractivity contribution in [2.24, 2.45) is 0 Å². The first-order valence-corrected chi connectivity index (χ1v) is 1.72. The van der Waals surface area contributed by atoms with Crippen molar-refractivity contribution in [3.8, 4) is 0 Å². The molecule has 0 unspecified atom stereocenters. The zero-order chi connectivity index (χ0) is 5.82. The summed E-state index contributed by atoms with van der Waals surface area (Å²) >= 11 is 0. The molecule has 0 aliphatic carbocycles. The van der Waals surface area contributed by atoms with E-state index in [0.717, 1.165) is 0 Å². The number of hydrogen-bond acceptors (Lipinski definition) is 4. The molecule has 0 saturated carbocycles. The third kappa shape index (κ3) is 0.887. The van der Waals surface area contributed by atoms with Crippen LogP contribution >= 0.6 is 0 Å². The molecule has 0 atom stereocenters. The molecule has 1 aromatic rings. The fraction of sp³-hybridized carbons (Fsp3) is 0.333. The average Bonchev–Trinajstić information content (AvgIpc) is 1.90. The van der Waals surface area contributed by atoms with E-state index < -0.39 is 0 Å². The Balaban J connectivity index is 2.83. The van der Waals surface area contributed by atoms with Gasteiger partial charge in [0, 0.05) is 1.37 Å². The number of hydrogen-bond donors (Lipinski definition) is 0. The van der Waals surface area contributed by atoms with Gasteiger partial charge in [-0.25, -0.2) is 0 Å². The summed E-state index contributed by atoms with van der Waals surface area (Å²) in [6.07, 6.45) is 1.42. The van der Waals surface area contributed by atoms with Gasteiger partial charge in [-0.15, -0.1) is 10.2 Å². The molecule has 0 aromatic carbocycles. The first-order chi connectivity index (χ1) is 3.93. The molecule has 4 heteroatoms. The van der Waals surface area contributed by atoms with E-state index in [1.54, 1.807) is 0 Å². The monoisotopic (exact) mass is 97.0 g/mol. The van der Waals surface area contributed by atoms with Crippen molar-refractivity contribution >= 4 is 0 Å². The van der Waals surface area contributed by atoms with E-state index in [0.29, 0.717) is 5.69 Å². The predicted octanol–water partition coefficient (Wildman–Crippen LogP) is -0.425. The lowest BCUT2D eigenvalue weighted by Crippen LogP contribution is -1.90. The molecule has 7 heavy (non-hydrogen) atoms. The molecule has 0 spiro atoms. The third-order valence-corrected chi connectivity index (χ3v) is 0.472. The van der Waals surface area contributed by atoms with Crippen LogP contribution in [0.15, 0.2) is 6.20 Å². The first-order valence-electron chi connectivity index (χ1n) is 2.43. The standard InChI is InChI=1S/C3H4N4/c1-3-2-4-6-7-5-3/h2H,1H3/i1D. The highest BCUT2D eigenvalue weighted by molar-refractivity contribution is 4.81. The van der Waals surface area contributed by atoms with Gasteiger partial charge in [0.25, 0.3) is 0 Å². The van der Waals surface area contributed by atoms with Crippen LogP contribution in [0.4, 0.5) is 0 Å².